The van der Waals surface area contributed by atoms with Crippen molar-refractivity contribution in [2.75, 3.05) is 20.2 Å². The summed E-state index contributed by atoms with van der Waals surface area (Å²) in [4.78, 5) is 34.7. The molecule has 0 saturated heterocycles. The maximum Gasteiger partial charge on any atom is 0.397 e. The molecule has 0 aromatic heterocycles. The van der Waals surface area contributed by atoms with Crippen molar-refractivity contribution in [3.05, 3.63) is 0 Å². The molecule has 16 heavy (non-hydrogen) atoms. The second kappa shape index (κ2) is 6.81. The van der Waals surface area contributed by atoms with E-state index in [2.05, 4.69) is 10.1 Å². The highest BCUT2D eigenvalue weighted by Gasteiger charge is 2.21. The van der Waals surface area contributed by atoms with Gasteiger partial charge in [-0.05, 0) is 20.8 Å². The summed E-state index contributed by atoms with van der Waals surface area (Å²) in [7, 11) is 1.37. The van der Waals surface area contributed by atoms with Gasteiger partial charge in [0.1, 0.15) is 0 Å². The van der Waals surface area contributed by atoms with Gasteiger partial charge in [-0.1, -0.05) is 0 Å². The van der Waals surface area contributed by atoms with Crippen LogP contribution in [0.25, 0.3) is 0 Å². The summed E-state index contributed by atoms with van der Waals surface area (Å²) < 4.78 is 4.53. The first-order valence-corrected chi connectivity index (χ1v) is 5.10. The Morgan fingerprint density at radius 2 is 1.88 bits per heavy atom. The average Bonchev–Trinajstić information content (AvgIpc) is 2.15. The van der Waals surface area contributed by atoms with Crippen LogP contribution in [0.1, 0.15) is 20.8 Å². The van der Waals surface area contributed by atoms with Gasteiger partial charge in [-0.3, -0.25) is 9.59 Å². The van der Waals surface area contributed by atoms with E-state index in [0.29, 0.717) is 0 Å². The molecule has 2 amide bonds. The van der Waals surface area contributed by atoms with Gasteiger partial charge >= 0.3 is 11.9 Å². The average molecular weight is 230 g/mol. The zero-order valence-electron chi connectivity index (χ0n) is 10.1. The highest BCUT2D eigenvalue weighted by molar-refractivity contribution is 6.32. The molecule has 0 radical (unpaired) electrons. The van der Waals surface area contributed by atoms with E-state index in [4.69, 9.17) is 0 Å². The molecule has 0 heterocycles. The summed E-state index contributed by atoms with van der Waals surface area (Å²) in [6.07, 6.45) is 0. The number of carbonyl (C=O) groups excluding carboxylic acids is 3. The van der Waals surface area contributed by atoms with Crippen molar-refractivity contribution in [3.8, 4) is 0 Å². The lowest BCUT2D eigenvalue weighted by molar-refractivity contribution is -0.159. The van der Waals surface area contributed by atoms with Gasteiger partial charge in [0.05, 0.1) is 13.2 Å². The Bertz CT molecular complexity index is 276. The number of nitrogens with one attached hydrogen (secondary N) is 1. The van der Waals surface area contributed by atoms with Gasteiger partial charge in [-0.25, -0.2) is 4.79 Å². The number of esters is 1. The Balaban J connectivity index is 4.14. The van der Waals surface area contributed by atoms with Gasteiger partial charge < -0.3 is 15.0 Å². The van der Waals surface area contributed by atoms with Crippen LogP contribution in [0.2, 0.25) is 0 Å². The predicted molar refractivity (Wildman–Crippen MR) is 57.5 cm³/mol. The molecule has 0 aromatic carbocycles. The molecule has 6 heteroatoms. The monoisotopic (exact) mass is 230 g/mol. The summed E-state index contributed by atoms with van der Waals surface area (Å²) in [6.45, 7) is 5.21. The van der Waals surface area contributed by atoms with E-state index in [1.807, 2.05) is 13.8 Å². The first-order valence-electron chi connectivity index (χ1n) is 5.10. The second-order valence-electron chi connectivity index (χ2n) is 3.60. The first kappa shape index (κ1) is 14.4. The molecule has 1 N–H and O–H groups in total. The van der Waals surface area contributed by atoms with Crippen molar-refractivity contribution in [2.24, 2.45) is 0 Å². The third kappa shape index (κ3) is 5.33. The molecule has 0 aliphatic heterocycles. The van der Waals surface area contributed by atoms with Crippen LogP contribution in [0, 0.1) is 0 Å². The van der Waals surface area contributed by atoms with Crippen LogP contribution < -0.4 is 5.32 Å². The fourth-order valence-corrected chi connectivity index (χ4v) is 1.00. The van der Waals surface area contributed by atoms with Crippen LogP contribution in [0.4, 0.5) is 0 Å². The van der Waals surface area contributed by atoms with Crippen molar-refractivity contribution in [3.63, 3.8) is 0 Å². The smallest absolute Gasteiger partial charge is 0.397 e. The molecule has 0 saturated carbocycles. The van der Waals surface area contributed by atoms with Gasteiger partial charge in [0.2, 0.25) is 5.91 Å². The highest BCUT2D eigenvalue weighted by atomic mass is 16.5. The fraction of sp³-hybridized carbons (Fsp3) is 0.700. The van der Waals surface area contributed by atoms with Crippen LogP contribution >= 0.6 is 0 Å². The van der Waals surface area contributed by atoms with Crippen molar-refractivity contribution in [1.82, 2.24) is 10.2 Å². The molecule has 92 valence electrons. The third-order valence-corrected chi connectivity index (χ3v) is 1.63. The lowest BCUT2D eigenvalue weighted by atomic mass is 10.4. The van der Waals surface area contributed by atoms with Crippen molar-refractivity contribution in [1.29, 1.82) is 0 Å². The van der Waals surface area contributed by atoms with Gasteiger partial charge in [0, 0.05) is 13.1 Å². The number of amides is 2. The van der Waals surface area contributed by atoms with E-state index < -0.39 is 11.9 Å². The number of likely N-dealkylation sites (N-methyl/N-ethyl adjacent to an activating group) is 1. The van der Waals surface area contributed by atoms with E-state index in [1.54, 1.807) is 6.92 Å². The summed E-state index contributed by atoms with van der Waals surface area (Å²) in [5.74, 6) is -2.07. The number of carbonyl (C=O) groups is 3. The van der Waals surface area contributed by atoms with Gasteiger partial charge in [-0.15, -0.1) is 0 Å². The minimum atomic E-state index is -0.942. The Morgan fingerprint density at radius 3 is 2.31 bits per heavy atom. The molecule has 0 unspecified atom stereocenters. The highest BCUT2D eigenvalue weighted by Crippen LogP contribution is 1.90. The van der Waals surface area contributed by atoms with E-state index in [-0.39, 0.29) is 25.1 Å². The van der Waals surface area contributed by atoms with E-state index in [9.17, 15) is 14.4 Å². The van der Waals surface area contributed by atoms with E-state index in [1.165, 1.54) is 7.05 Å². The molecule has 0 spiro atoms. The minimum Gasteiger partial charge on any atom is -0.459 e. The van der Waals surface area contributed by atoms with Crippen LogP contribution in [-0.4, -0.2) is 48.9 Å². The minimum absolute atomic E-state index is 0.00130. The molecule has 6 nitrogen and oxygen atoms in total. The normalized spacial score (nSPS) is 9.81. The molecule has 0 fully saturated rings. The quantitative estimate of drug-likeness (QED) is 0.523. The topological polar surface area (TPSA) is 75.7 Å². The van der Waals surface area contributed by atoms with Gasteiger partial charge in [-0.2, -0.15) is 0 Å². The van der Waals surface area contributed by atoms with E-state index >= 15 is 0 Å². The maximum absolute atomic E-state index is 11.3. The fourth-order valence-electron chi connectivity index (χ4n) is 1.00. The first-order chi connectivity index (χ1) is 7.38. The molecule has 0 rings (SSSR count). The third-order valence-electron chi connectivity index (χ3n) is 1.63. The Hall–Kier alpha value is -1.59. The molecule has 0 atom stereocenters. The largest absolute Gasteiger partial charge is 0.459 e. The van der Waals surface area contributed by atoms with Crippen molar-refractivity contribution >= 4 is 17.8 Å². The van der Waals surface area contributed by atoms with Crippen LogP contribution in [0.5, 0.6) is 0 Å². The molecular formula is C10H18N2O4. The SMILES string of the molecule is CCOC(=O)C(=O)N(C)CC(=O)NC(C)C. The Kier molecular flexibility index (Phi) is 6.14. The van der Waals surface area contributed by atoms with Crippen molar-refractivity contribution in [2.45, 2.75) is 26.8 Å². The lowest BCUT2D eigenvalue weighted by Gasteiger charge is -2.16. The molecule has 0 aliphatic rings. The lowest BCUT2D eigenvalue weighted by Crippen LogP contribution is -2.43. The second-order valence-corrected chi connectivity index (χ2v) is 3.60. The van der Waals surface area contributed by atoms with Gasteiger partial charge in [0.15, 0.2) is 0 Å². The maximum atomic E-state index is 11.3. The summed E-state index contributed by atoms with van der Waals surface area (Å²) in [5.41, 5.74) is 0. The molecule has 0 bridgehead atoms. The van der Waals surface area contributed by atoms with E-state index in [0.717, 1.165) is 4.90 Å². The summed E-state index contributed by atoms with van der Waals surface area (Å²) in [6, 6.07) is -0.00130. The molecular weight excluding hydrogens is 212 g/mol. The molecule has 0 aliphatic carbocycles. The zero-order valence-corrected chi connectivity index (χ0v) is 10.1. The van der Waals surface area contributed by atoms with Crippen LogP contribution in [0.3, 0.4) is 0 Å². The number of ether oxygens (including phenoxy) is 1. The Labute approximate surface area is 94.9 Å². The molecule has 0 aromatic rings. The predicted octanol–water partition coefficient (Wildman–Crippen LogP) is -0.467. The summed E-state index contributed by atoms with van der Waals surface area (Å²) in [5, 5.41) is 2.61. The number of nitrogens with zero attached hydrogens (tertiary/aromatic N) is 1. The summed E-state index contributed by atoms with van der Waals surface area (Å²) >= 11 is 0. The number of hydrogen-bond acceptors (Lipinski definition) is 4. The van der Waals surface area contributed by atoms with Crippen LogP contribution in [-0.2, 0) is 19.1 Å². The van der Waals surface area contributed by atoms with Crippen molar-refractivity contribution < 1.29 is 19.1 Å². The standard InChI is InChI=1S/C10H18N2O4/c1-5-16-10(15)9(14)12(4)6-8(13)11-7(2)3/h7H,5-6H2,1-4H3,(H,11,13). The number of rotatable bonds is 4. The van der Waals surface area contributed by atoms with Gasteiger partial charge in [0.25, 0.3) is 0 Å². The Morgan fingerprint density at radius 1 is 1.31 bits per heavy atom. The van der Waals surface area contributed by atoms with Crippen LogP contribution in [0.15, 0.2) is 0 Å². The number of hydrogen-bond donors (Lipinski definition) is 1. The zero-order chi connectivity index (χ0) is 12.7.